The largest absolute Gasteiger partial charge is 0.383 e. The van der Waals surface area contributed by atoms with E-state index in [4.69, 9.17) is 4.74 Å². The van der Waals surface area contributed by atoms with Crippen LogP contribution in [0, 0.1) is 0 Å². The number of anilines is 2. The number of nitrogens with zero attached hydrogens (tertiary/aromatic N) is 1. The number of hydrogen-bond donors (Lipinski definition) is 1. The Morgan fingerprint density at radius 3 is 3.11 bits per heavy atom. The third kappa shape index (κ3) is 2.07. The molecule has 1 aromatic carbocycles. The second-order valence-corrected chi connectivity index (χ2v) is 5.49. The molecule has 98 valence electrons. The molecule has 1 aromatic rings. The van der Waals surface area contributed by atoms with Gasteiger partial charge in [-0.2, -0.15) is 0 Å². The number of rotatable bonds is 1. The molecule has 2 heterocycles. The van der Waals surface area contributed by atoms with E-state index in [2.05, 4.69) is 42.3 Å². The maximum Gasteiger partial charge on any atom is 0.0723 e. The van der Waals surface area contributed by atoms with E-state index < -0.39 is 0 Å². The molecule has 3 heteroatoms. The first-order valence-corrected chi connectivity index (χ1v) is 6.99. The van der Waals surface area contributed by atoms with Gasteiger partial charge in [-0.3, -0.25) is 0 Å². The highest BCUT2D eigenvalue weighted by Gasteiger charge is 2.26. The van der Waals surface area contributed by atoms with E-state index in [1.165, 1.54) is 29.8 Å². The Hall–Kier alpha value is -1.22. The van der Waals surface area contributed by atoms with E-state index in [-0.39, 0.29) is 0 Å². The lowest BCUT2D eigenvalue weighted by Gasteiger charge is -2.40. The number of para-hydroxylation sites is 1. The zero-order valence-corrected chi connectivity index (χ0v) is 11.3. The minimum Gasteiger partial charge on any atom is -0.383 e. The summed E-state index contributed by atoms with van der Waals surface area (Å²) in [5.41, 5.74) is 4.17. The molecule has 0 saturated carbocycles. The normalized spacial score (nSPS) is 27.6. The topological polar surface area (TPSA) is 24.5 Å². The molecule has 3 nitrogen and oxygen atoms in total. The zero-order valence-electron chi connectivity index (χ0n) is 11.3. The van der Waals surface area contributed by atoms with Gasteiger partial charge in [0.25, 0.3) is 0 Å². The summed E-state index contributed by atoms with van der Waals surface area (Å²) >= 11 is 0. The number of morpholine rings is 1. The van der Waals surface area contributed by atoms with Gasteiger partial charge in [0.05, 0.1) is 24.1 Å². The molecular formula is C15H22N2O. The fraction of sp³-hybridized carbons (Fsp3) is 0.600. The van der Waals surface area contributed by atoms with Gasteiger partial charge in [0.1, 0.15) is 0 Å². The monoisotopic (exact) mass is 246 g/mol. The van der Waals surface area contributed by atoms with Crippen LogP contribution >= 0.6 is 0 Å². The van der Waals surface area contributed by atoms with Gasteiger partial charge < -0.3 is 15.0 Å². The highest BCUT2D eigenvalue weighted by molar-refractivity contribution is 5.75. The first-order chi connectivity index (χ1) is 8.75. The van der Waals surface area contributed by atoms with E-state index >= 15 is 0 Å². The summed E-state index contributed by atoms with van der Waals surface area (Å²) in [5.74, 6) is 0. The number of fused-ring (bicyclic) bond motifs is 1. The number of nitrogens with one attached hydrogen (secondary N) is 1. The van der Waals surface area contributed by atoms with Gasteiger partial charge in [-0.1, -0.05) is 12.1 Å². The molecule has 1 fully saturated rings. The molecule has 0 bridgehead atoms. The van der Waals surface area contributed by atoms with E-state index in [1.54, 1.807) is 0 Å². The fourth-order valence-corrected chi connectivity index (χ4v) is 2.97. The Morgan fingerprint density at radius 1 is 1.33 bits per heavy atom. The van der Waals surface area contributed by atoms with E-state index in [1.807, 2.05) is 0 Å². The standard InChI is InChI=1S/C15H22N2O/c1-11-10-18-12(2)9-17(11)14-7-3-5-13-6-4-8-16-15(13)14/h3,5,7,11-12,16H,4,6,8-10H2,1-2H3. The molecule has 2 unspecified atom stereocenters. The summed E-state index contributed by atoms with van der Waals surface area (Å²) < 4.78 is 5.72. The van der Waals surface area contributed by atoms with Crippen LogP contribution in [0.5, 0.6) is 0 Å². The van der Waals surface area contributed by atoms with E-state index in [0.29, 0.717) is 12.1 Å². The second-order valence-electron chi connectivity index (χ2n) is 5.49. The van der Waals surface area contributed by atoms with Crippen molar-refractivity contribution >= 4 is 11.4 Å². The average Bonchev–Trinajstić information content (AvgIpc) is 2.41. The predicted molar refractivity (Wildman–Crippen MR) is 75.5 cm³/mol. The number of hydrogen-bond acceptors (Lipinski definition) is 3. The molecular weight excluding hydrogens is 224 g/mol. The van der Waals surface area contributed by atoms with Crippen LogP contribution in [-0.4, -0.2) is 31.8 Å². The van der Waals surface area contributed by atoms with Gasteiger partial charge in [0.15, 0.2) is 0 Å². The molecule has 1 saturated heterocycles. The summed E-state index contributed by atoms with van der Waals surface area (Å²) in [6, 6.07) is 7.13. The Labute approximate surface area is 109 Å². The van der Waals surface area contributed by atoms with Gasteiger partial charge >= 0.3 is 0 Å². The van der Waals surface area contributed by atoms with Crippen molar-refractivity contribution in [2.45, 2.75) is 38.8 Å². The molecule has 0 spiro atoms. The lowest BCUT2D eigenvalue weighted by molar-refractivity contribution is 0.0344. The second kappa shape index (κ2) is 4.81. The quantitative estimate of drug-likeness (QED) is 0.824. The predicted octanol–water partition coefficient (Wildman–Crippen LogP) is 2.66. The van der Waals surface area contributed by atoms with Crippen LogP contribution in [0.4, 0.5) is 11.4 Å². The minimum atomic E-state index is 0.320. The SMILES string of the molecule is CC1CN(c2cccc3c2NCCC3)C(C)CO1. The van der Waals surface area contributed by atoms with Crippen LogP contribution in [0.1, 0.15) is 25.8 Å². The first-order valence-electron chi connectivity index (χ1n) is 6.99. The van der Waals surface area contributed by atoms with Gasteiger partial charge in [0, 0.05) is 19.1 Å². The molecule has 18 heavy (non-hydrogen) atoms. The number of benzene rings is 1. The zero-order chi connectivity index (χ0) is 12.5. The van der Waals surface area contributed by atoms with Gasteiger partial charge in [0.2, 0.25) is 0 Å². The van der Waals surface area contributed by atoms with Crippen molar-refractivity contribution in [2.75, 3.05) is 29.9 Å². The molecule has 2 aliphatic rings. The fourth-order valence-electron chi connectivity index (χ4n) is 2.97. The molecule has 0 aromatic heterocycles. The Morgan fingerprint density at radius 2 is 2.22 bits per heavy atom. The molecule has 0 amide bonds. The maximum absolute atomic E-state index is 5.72. The molecule has 2 atom stereocenters. The van der Waals surface area contributed by atoms with Crippen molar-refractivity contribution in [3.05, 3.63) is 23.8 Å². The van der Waals surface area contributed by atoms with E-state index in [0.717, 1.165) is 19.7 Å². The number of ether oxygens (including phenoxy) is 1. The smallest absolute Gasteiger partial charge is 0.0723 e. The van der Waals surface area contributed by atoms with Crippen LogP contribution in [0.25, 0.3) is 0 Å². The van der Waals surface area contributed by atoms with Crippen molar-refractivity contribution in [3.63, 3.8) is 0 Å². The van der Waals surface area contributed by atoms with Crippen molar-refractivity contribution in [3.8, 4) is 0 Å². The Balaban J connectivity index is 1.95. The van der Waals surface area contributed by atoms with Crippen LogP contribution in [0.2, 0.25) is 0 Å². The van der Waals surface area contributed by atoms with Crippen LogP contribution in [0.15, 0.2) is 18.2 Å². The Kier molecular flexibility index (Phi) is 3.16. The third-order valence-electron chi connectivity index (χ3n) is 3.97. The van der Waals surface area contributed by atoms with Crippen molar-refractivity contribution in [1.29, 1.82) is 0 Å². The molecule has 3 rings (SSSR count). The molecule has 0 aliphatic carbocycles. The van der Waals surface area contributed by atoms with Crippen molar-refractivity contribution in [2.24, 2.45) is 0 Å². The molecule has 0 radical (unpaired) electrons. The van der Waals surface area contributed by atoms with E-state index in [9.17, 15) is 0 Å². The highest BCUT2D eigenvalue weighted by Crippen LogP contribution is 2.35. The van der Waals surface area contributed by atoms with Crippen molar-refractivity contribution < 1.29 is 4.74 Å². The Bertz CT molecular complexity index is 433. The van der Waals surface area contributed by atoms with Crippen molar-refractivity contribution in [1.82, 2.24) is 0 Å². The summed E-state index contributed by atoms with van der Waals surface area (Å²) in [6.07, 6.45) is 2.76. The summed E-state index contributed by atoms with van der Waals surface area (Å²) in [6.45, 7) is 7.30. The minimum absolute atomic E-state index is 0.320. The average molecular weight is 246 g/mol. The third-order valence-corrected chi connectivity index (χ3v) is 3.97. The van der Waals surface area contributed by atoms with Gasteiger partial charge in [-0.15, -0.1) is 0 Å². The number of aryl methyl sites for hydroxylation is 1. The summed E-state index contributed by atoms with van der Waals surface area (Å²) in [4.78, 5) is 2.49. The van der Waals surface area contributed by atoms with Gasteiger partial charge in [-0.25, -0.2) is 0 Å². The van der Waals surface area contributed by atoms with Crippen LogP contribution in [-0.2, 0) is 11.2 Å². The van der Waals surface area contributed by atoms with Crippen LogP contribution in [0.3, 0.4) is 0 Å². The molecule has 1 N–H and O–H groups in total. The first kappa shape index (κ1) is 11.8. The maximum atomic E-state index is 5.72. The highest BCUT2D eigenvalue weighted by atomic mass is 16.5. The molecule has 2 aliphatic heterocycles. The summed E-state index contributed by atoms with van der Waals surface area (Å²) in [7, 11) is 0. The lowest BCUT2D eigenvalue weighted by Crippen LogP contribution is -2.47. The van der Waals surface area contributed by atoms with Gasteiger partial charge in [-0.05, 0) is 38.3 Å². The van der Waals surface area contributed by atoms with Crippen LogP contribution < -0.4 is 10.2 Å². The lowest BCUT2D eigenvalue weighted by atomic mass is 10.0. The summed E-state index contributed by atoms with van der Waals surface area (Å²) in [5, 5.41) is 3.58.